The summed E-state index contributed by atoms with van der Waals surface area (Å²) in [5.41, 5.74) is 1.28. The normalized spacial score (nSPS) is 19.5. The molecule has 2 rings (SSSR count). The lowest BCUT2D eigenvalue weighted by molar-refractivity contribution is -0.0839. The number of rotatable bonds is 6. The Morgan fingerprint density at radius 2 is 2.21 bits per heavy atom. The molecule has 1 aromatic heterocycles. The van der Waals surface area contributed by atoms with Crippen LogP contribution in [0, 0.1) is 0 Å². The molecule has 0 aromatic carbocycles. The molecular weight excluding hydrogens is 306 g/mol. The quantitative estimate of drug-likeness (QED) is 0.868. The molecule has 0 aliphatic heterocycles. The molecule has 5 heteroatoms. The molecule has 0 spiro atoms. The minimum atomic E-state index is 0.0548. The fourth-order valence-corrected chi connectivity index (χ4v) is 3.41. The highest BCUT2D eigenvalue weighted by Gasteiger charge is 2.40. The average molecular weight is 330 g/mol. The van der Waals surface area contributed by atoms with Crippen LogP contribution in [0.1, 0.15) is 57.3 Å². The molecule has 1 unspecified atom stereocenters. The van der Waals surface area contributed by atoms with Crippen LogP contribution in [0.5, 0.6) is 0 Å². The van der Waals surface area contributed by atoms with Gasteiger partial charge in [0, 0.05) is 13.2 Å². The van der Waals surface area contributed by atoms with Crippen LogP contribution in [0.2, 0.25) is 0 Å². The second-order valence-corrected chi connectivity index (χ2v) is 6.56. The van der Waals surface area contributed by atoms with E-state index >= 15 is 0 Å². The number of ether oxygens (including phenoxy) is 1. The first-order valence-corrected chi connectivity index (χ1v) is 7.77. The summed E-state index contributed by atoms with van der Waals surface area (Å²) in [4.78, 5) is 0. The standard InChI is InChI=1S/C14H24BrN3O/c1-10(2)18-13(11(15)9-17-18)12(16-3)8-14(19-4)6-5-7-14/h9-10,12,16H,5-8H2,1-4H3. The third-order valence-corrected chi connectivity index (χ3v) is 4.84. The zero-order valence-electron chi connectivity index (χ0n) is 12.2. The van der Waals surface area contributed by atoms with E-state index in [1.165, 1.54) is 12.1 Å². The molecule has 1 saturated carbocycles. The van der Waals surface area contributed by atoms with Crippen molar-refractivity contribution in [2.45, 2.75) is 57.2 Å². The fourth-order valence-electron chi connectivity index (χ4n) is 2.86. The first-order valence-electron chi connectivity index (χ1n) is 6.98. The minimum Gasteiger partial charge on any atom is -0.378 e. The Kier molecular flexibility index (Phi) is 4.69. The smallest absolute Gasteiger partial charge is 0.0699 e. The maximum atomic E-state index is 5.76. The van der Waals surface area contributed by atoms with Crippen molar-refractivity contribution in [1.29, 1.82) is 0 Å². The molecule has 19 heavy (non-hydrogen) atoms. The molecule has 1 atom stereocenters. The predicted octanol–water partition coefficient (Wildman–Crippen LogP) is 3.45. The lowest BCUT2D eigenvalue weighted by atomic mass is 9.75. The lowest BCUT2D eigenvalue weighted by Crippen LogP contribution is -2.42. The van der Waals surface area contributed by atoms with E-state index in [1.54, 1.807) is 0 Å². The molecule has 0 radical (unpaired) electrons. The van der Waals surface area contributed by atoms with E-state index in [-0.39, 0.29) is 11.6 Å². The van der Waals surface area contributed by atoms with E-state index in [0.717, 1.165) is 23.7 Å². The summed E-state index contributed by atoms with van der Waals surface area (Å²) in [6.07, 6.45) is 6.48. The van der Waals surface area contributed by atoms with Crippen LogP contribution in [0.25, 0.3) is 0 Å². The van der Waals surface area contributed by atoms with Gasteiger partial charge in [-0.3, -0.25) is 4.68 Å². The molecule has 1 aliphatic rings. The average Bonchev–Trinajstić information content (AvgIpc) is 2.71. The largest absolute Gasteiger partial charge is 0.378 e. The van der Waals surface area contributed by atoms with Gasteiger partial charge < -0.3 is 10.1 Å². The molecule has 4 nitrogen and oxygen atoms in total. The van der Waals surface area contributed by atoms with Crippen LogP contribution < -0.4 is 5.32 Å². The van der Waals surface area contributed by atoms with Gasteiger partial charge in [-0.2, -0.15) is 5.10 Å². The van der Waals surface area contributed by atoms with Crippen molar-refractivity contribution in [3.8, 4) is 0 Å². The summed E-state index contributed by atoms with van der Waals surface area (Å²) in [6, 6.07) is 0.622. The third kappa shape index (κ3) is 2.88. The highest BCUT2D eigenvalue weighted by atomic mass is 79.9. The number of hydrogen-bond donors (Lipinski definition) is 1. The predicted molar refractivity (Wildman–Crippen MR) is 80.3 cm³/mol. The van der Waals surface area contributed by atoms with E-state index in [9.17, 15) is 0 Å². The van der Waals surface area contributed by atoms with Gasteiger partial charge in [-0.1, -0.05) is 0 Å². The van der Waals surface area contributed by atoms with Gasteiger partial charge in [0.1, 0.15) is 0 Å². The Balaban J connectivity index is 2.24. The molecule has 1 aromatic rings. The Hall–Kier alpha value is -0.390. The maximum absolute atomic E-state index is 5.76. The van der Waals surface area contributed by atoms with Crippen LogP contribution in [0.15, 0.2) is 10.7 Å². The number of halogens is 1. The van der Waals surface area contributed by atoms with Crippen molar-refractivity contribution >= 4 is 15.9 Å². The van der Waals surface area contributed by atoms with Gasteiger partial charge in [-0.15, -0.1) is 0 Å². The van der Waals surface area contributed by atoms with Crippen molar-refractivity contribution in [3.63, 3.8) is 0 Å². The molecule has 0 saturated heterocycles. The monoisotopic (exact) mass is 329 g/mol. The summed E-state index contributed by atoms with van der Waals surface area (Å²) in [7, 11) is 3.84. The SMILES string of the molecule is CNC(CC1(OC)CCC1)c1c(Br)cnn1C(C)C. The van der Waals surface area contributed by atoms with E-state index < -0.39 is 0 Å². The van der Waals surface area contributed by atoms with Crippen LogP contribution in [-0.2, 0) is 4.74 Å². The lowest BCUT2D eigenvalue weighted by Gasteiger charge is -2.43. The summed E-state index contributed by atoms with van der Waals surface area (Å²) in [5.74, 6) is 0. The van der Waals surface area contributed by atoms with Crippen molar-refractivity contribution in [2.75, 3.05) is 14.2 Å². The molecule has 1 N–H and O–H groups in total. The zero-order valence-corrected chi connectivity index (χ0v) is 13.8. The second-order valence-electron chi connectivity index (χ2n) is 5.70. The Bertz CT molecular complexity index is 421. The van der Waals surface area contributed by atoms with E-state index in [4.69, 9.17) is 4.74 Å². The van der Waals surface area contributed by atoms with Gasteiger partial charge in [-0.05, 0) is 62.5 Å². The number of methoxy groups -OCH3 is 1. The summed E-state index contributed by atoms with van der Waals surface area (Å²) in [5, 5.41) is 7.90. The first-order chi connectivity index (χ1) is 9.03. The van der Waals surface area contributed by atoms with Crippen molar-refractivity contribution in [3.05, 3.63) is 16.4 Å². The van der Waals surface area contributed by atoms with Crippen molar-refractivity contribution < 1.29 is 4.74 Å². The molecule has 0 amide bonds. The molecule has 0 bridgehead atoms. The van der Waals surface area contributed by atoms with Crippen LogP contribution in [0.3, 0.4) is 0 Å². The van der Waals surface area contributed by atoms with Gasteiger partial charge in [0.25, 0.3) is 0 Å². The summed E-state index contributed by atoms with van der Waals surface area (Å²) in [6.45, 7) is 4.32. The van der Waals surface area contributed by atoms with Gasteiger partial charge in [-0.25, -0.2) is 0 Å². The van der Waals surface area contributed by atoms with E-state index in [1.807, 2.05) is 20.4 Å². The highest BCUT2D eigenvalue weighted by Crippen LogP contribution is 2.42. The molecular formula is C14H24BrN3O. The summed E-state index contributed by atoms with van der Waals surface area (Å²) < 4.78 is 8.93. The molecule has 1 heterocycles. The summed E-state index contributed by atoms with van der Waals surface area (Å²) >= 11 is 3.63. The van der Waals surface area contributed by atoms with Crippen molar-refractivity contribution in [1.82, 2.24) is 15.1 Å². The van der Waals surface area contributed by atoms with Crippen molar-refractivity contribution in [2.24, 2.45) is 0 Å². The Labute approximate surface area is 124 Å². The topological polar surface area (TPSA) is 39.1 Å². The van der Waals surface area contributed by atoms with Gasteiger partial charge in [0.05, 0.1) is 28.0 Å². The fraction of sp³-hybridized carbons (Fsp3) is 0.786. The Morgan fingerprint density at radius 1 is 1.53 bits per heavy atom. The van der Waals surface area contributed by atoms with Gasteiger partial charge in [0.2, 0.25) is 0 Å². The maximum Gasteiger partial charge on any atom is 0.0699 e. The van der Waals surface area contributed by atoms with Crippen LogP contribution >= 0.6 is 15.9 Å². The first kappa shape index (κ1) is 15.0. The third-order valence-electron chi connectivity index (χ3n) is 4.23. The second kappa shape index (κ2) is 5.94. The molecule has 108 valence electrons. The highest BCUT2D eigenvalue weighted by molar-refractivity contribution is 9.10. The zero-order chi connectivity index (χ0) is 14.0. The molecule has 1 aliphatic carbocycles. The van der Waals surface area contributed by atoms with Gasteiger partial charge in [0.15, 0.2) is 0 Å². The number of hydrogen-bond acceptors (Lipinski definition) is 3. The van der Waals surface area contributed by atoms with E-state index in [2.05, 4.69) is 44.9 Å². The molecule has 1 fully saturated rings. The van der Waals surface area contributed by atoms with Crippen LogP contribution in [0.4, 0.5) is 0 Å². The van der Waals surface area contributed by atoms with E-state index in [0.29, 0.717) is 6.04 Å². The Morgan fingerprint density at radius 3 is 2.63 bits per heavy atom. The van der Waals surface area contributed by atoms with Crippen LogP contribution in [-0.4, -0.2) is 29.5 Å². The van der Waals surface area contributed by atoms with Gasteiger partial charge >= 0.3 is 0 Å². The minimum absolute atomic E-state index is 0.0548. The number of aromatic nitrogens is 2. The number of nitrogens with one attached hydrogen (secondary N) is 1. The number of nitrogens with zero attached hydrogens (tertiary/aromatic N) is 2.